The summed E-state index contributed by atoms with van der Waals surface area (Å²) < 4.78 is 0. The van der Waals surface area contributed by atoms with Crippen LogP contribution in [0, 0.1) is 11.3 Å². The lowest BCUT2D eigenvalue weighted by molar-refractivity contribution is 0.739. The van der Waals surface area contributed by atoms with Gasteiger partial charge in [0.05, 0.1) is 22.6 Å². The van der Waals surface area contributed by atoms with Crippen molar-refractivity contribution in [1.29, 1.82) is 5.41 Å². The molecular formula is C44H36N4. The van der Waals surface area contributed by atoms with Crippen molar-refractivity contribution in [3.8, 4) is 22.4 Å². The molecule has 4 heteroatoms. The molecular weight excluding hydrogens is 585 g/mol. The Labute approximate surface area is 281 Å². The van der Waals surface area contributed by atoms with E-state index in [0.717, 1.165) is 51.3 Å². The van der Waals surface area contributed by atoms with Crippen molar-refractivity contribution in [3.05, 3.63) is 163 Å². The molecule has 48 heavy (non-hydrogen) atoms. The van der Waals surface area contributed by atoms with Gasteiger partial charge in [0.2, 0.25) is 0 Å². The average molecular weight is 621 g/mol. The van der Waals surface area contributed by atoms with Crippen LogP contribution >= 0.6 is 0 Å². The summed E-state index contributed by atoms with van der Waals surface area (Å²) in [5, 5.41) is 14.0. The molecule has 0 radical (unpaired) electrons. The number of pyridine rings is 3. The number of hydrogen-bond acceptors (Lipinski definition) is 4. The number of hydrogen-bond donors (Lipinski definition) is 1. The third-order valence-corrected chi connectivity index (χ3v) is 8.85. The van der Waals surface area contributed by atoms with Gasteiger partial charge in [0.25, 0.3) is 0 Å². The van der Waals surface area contributed by atoms with Gasteiger partial charge in [0.1, 0.15) is 0 Å². The molecule has 0 saturated heterocycles. The van der Waals surface area contributed by atoms with Crippen LogP contribution in [0.1, 0.15) is 31.7 Å². The average Bonchev–Trinajstić information content (AvgIpc) is 3.16. The van der Waals surface area contributed by atoms with Gasteiger partial charge in [0.15, 0.2) is 0 Å². The fourth-order valence-electron chi connectivity index (χ4n) is 6.30. The Kier molecular flexibility index (Phi) is 8.80. The number of para-hydroxylation sites is 1. The molecule has 0 spiro atoms. The third kappa shape index (κ3) is 6.21. The van der Waals surface area contributed by atoms with Crippen LogP contribution in [-0.2, 0) is 0 Å². The van der Waals surface area contributed by atoms with Crippen molar-refractivity contribution in [2.24, 2.45) is 5.92 Å². The van der Waals surface area contributed by atoms with E-state index in [1.807, 2.05) is 49.4 Å². The van der Waals surface area contributed by atoms with E-state index in [-0.39, 0.29) is 0 Å². The molecule has 1 aliphatic rings. The van der Waals surface area contributed by atoms with Gasteiger partial charge >= 0.3 is 0 Å². The van der Waals surface area contributed by atoms with Gasteiger partial charge in [-0.1, -0.05) is 116 Å². The van der Waals surface area contributed by atoms with E-state index in [1.165, 1.54) is 38.7 Å². The van der Waals surface area contributed by atoms with Crippen LogP contribution in [0.25, 0.3) is 66.0 Å². The molecule has 1 aliphatic carbocycles. The Morgan fingerprint density at radius 3 is 2.23 bits per heavy atom. The summed E-state index contributed by atoms with van der Waals surface area (Å²) in [5.41, 5.74) is 9.12. The molecule has 4 nitrogen and oxygen atoms in total. The van der Waals surface area contributed by atoms with Gasteiger partial charge in [-0.05, 0) is 77.1 Å². The van der Waals surface area contributed by atoms with Crippen LogP contribution < -0.4 is 0 Å². The molecule has 3 heterocycles. The maximum absolute atomic E-state index is 7.60. The topological polar surface area (TPSA) is 62.5 Å². The molecule has 0 bridgehead atoms. The van der Waals surface area contributed by atoms with Crippen molar-refractivity contribution in [3.63, 3.8) is 0 Å². The predicted octanol–water partition coefficient (Wildman–Crippen LogP) is 11.4. The van der Waals surface area contributed by atoms with Crippen LogP contribution in [0.4, 0.5) is 0 Å². The van der Waals surface area contributed by atoms with Crippen LogP contribution in [-0.4, -0.2) is 21.2 Å². The Morgan fingerprint density at radius 1 is 0.729 bits per heavy atom. The van der Waals surface area contributed by atoms with Gasteiger partial charge in [-0.25, -0.2) is 9.97 Å². The number of allylic oxidation sites excluding steroid dienone is 6. The first kappa shape index (κ1) is 30.6. The Balaban J connectivity index is 0.000000153. The van der Waals surface area contributed by atoms with Gasteiger partial charge in [-0.15, -0.1) is 0 Å². The number of nitrogens with zero attached hydrogens (tertiary/aromatic N) is 3. The monoisotopic (exact) mass is 620 g/mol. The van der Waals surface area contributed by atoms with Crippen molar-refractivity contribution in [1.82, 2.24) is 15.0 Å². The molecule has 8 rings (SSSR count). The maximum atomic E-state index is 7.60. The predicted molar refractivity (Wildman–Crippen MR) is 203 cm³/mol. The Bertz CT molecular complexity index is 2280. The van der Waals surface area contributed by atoms with Crippen molar-refractivity contribution < 1.29 is 0 Å². The number of rotatable bonds is 5. The van der Waals surface area contributed by atoms with Gasteiger partial charge in [0, 0.05) is 45.9 Å². The van der Waals surface area contributed by atoms with Crippen LogP contribution in [0.15, 0.2) is 152 Å². The molecule has 0 saturated carbocycles. The fourth-order valence-corrected chi connectivity index (χ4v) is 6.30. The zero-order valence-electron chi connectivity index (χ0n) is 27.1. The molecule has 1 unspecified atom stereocenters. The molecule has 0 amide bonds. The second-order valence-corrected chi connectivity index (χ2v) is 12.0. The fraction of sp³-hybridized carbons (Fsp3) is 0.0909. The van der Waals surface area contributed by atoms with E-state index in [9.17, 15) is 0 Å². The SMILES string of the molecule is C/C=C(\C=N)c1cc(-c2ccccc2)cc(-c2ccncc2)n1.CC1C=CC(c2nc3ccccc3c3c2ccc2ccccc23)=CC1. The summed E-state index contributed by atoms with van der Waals surface area (Å²) in [6.45, 7) is 4.17. The lowest BCUT2D eigenvalue weighted by Gasteiger charge is -2.16. The second kappa shape index (κ2) is 13.8. The molecule has 4 aromatic carbocycles. The normalized spacial score (nSPS) is 14.4. The summed E-state index contributed by atoms with van der Waals surface area (Å²) in [5.74, 6) is 0.608. The first-order valence-electron chi connectivity index (χ1n) is 16.4. The number of nitrogens with one attached hydrogen (secondary N) is 1. The smallest absolute Gasteiger partial charge is 0.0784 e. The van der Waals surface area contributed by atoms with Crippen LogP contribution in [0.2, 0.25) is 0 Å². The van der Waals surface area contributed by atoms with Gasteiger partial charge in [-0.2, -0.15) is 0 Å². The van der Waals surface area contributed by atoms with E-state index < -0.39 is 0 Å². The first-order valence-corrected chi connectivity index (χ1v) is 16.4. The molecule has 3 aromatic heterocycles. The quantitative estimate of drug-likeness (QED) is 0.154. The van der Waals surface area contributed by atoms with E-state index in [1.54, 1.807) is 12.4 Å². The zero-order chi connectivity index (χ0) is 32.9. The lowest BCUT2D eigenvalue weighted by Crippen LogP contribution is -1.98. The molecule has 1 N–H and O–H groups in total. The van der Waals surface area contributed by atoms with E-state index in [0.29, 0.717) is 5.92 Å². The van der Waals surface area contributed by atoms with E-state index in [4.69, 9.17) is 15.4 Å². The highest BCUT2D eigenvalue weighted by Crippen LogP contribution is 2.37. The lowest BCUT2D eigenvalue weighted by atomic mass is 9.91. The summed E-state index contributed by atoms with van der Waals surface area (Å²) in [4.78, 5) is 13.8. The van der Waals surface area contributed by atoms with Crippen molar-refractivity contribution in [2.45, 2.75) is 20.3 Å². The Hall–Kier alpha value is -6.00. The Morgan fingerprint density at radius 2 is 1.48 bits per heavy atom. The zero-order valence-corrected chi connectivity index (χ0v) is 27.1. The van der Waals surface area contributed by atoms with Gasteiger partial charge in [-0.3, -0.25) is 4.98 Å². The number of aromatic nitrogens is 3. The van der Waals surface area contributed by atoms with Crippen LogP contribution in [0.5, 0.6) is 0 Å². The minimum atomic E-state index is 0.608. The van der Waals surface area contributed by atoms with Crippen molar-refractivity contribution >= 4 is 49.8 Å². The second-order valence-electron chi connectivity index (χ2n) is 12.0. The summed E-state index contributed by atoms with van der Waals surface area (Å²) in [6, 6.07) is 39.8. The molecule has 0 fully saturated rings. The highest BCUT2D eigenvalue weighted by atomic mass is 14.7. The standard InChI is InChI=1S/C24H19N.C20H17N3/c1-16-10-12-18(13-11-16)24-21-15-14-17-6-2-3-7-19(17)23(21)20-8-4-5-9-22(20)25-24;1-2-15(14-21)19-12-18(16-6-4-3-5-7-16)13-20(23-19)17-8-10-22-11-9-17/h2-10,12-16H,11H2,1H3;2-14,21H,1H3/b;15-2+,21-14?. The minimum Gasteiger partial charge on any atom is -0.308 e. The largest absolute Gasteiger partial charge is 0.308 e. The van der Waals surface area contributed by atoms with E-state index >= 15 is 0 Å². The van der Waals surface area contributed by atoms with E-state index in [2.05, 4.69) is 109 Å². The molecule has 7 aromatic rings. The number of fused-ring (bicyclic) bond motifs is 5. The third-order valence-electron chi connectivity index (χ3n) is 8.85. The van der Waals surface area contributed by atoms with Crippen molar-refractivity contribution in [2.75, 3.05) is 0 Å². The summed E-state index contributed by atoms with van der Waals surface area (Å²) in [7, 11) is 0. The van der Waals surface area contributed by atoms with Gasteiger partial charge < -0.3 is 5.41 Å². The first-order chi connectivity index (χ1) is 23.6. The molecule has 0 aliphatic heterocycles. The maximum Gasteiger partial charge on any atom is 0.0784 e. The molecule has 1 atom stereocenters. The minimum absolute atomic E-state index is 0.608. The highest BCUT2D eigenvalue weighted by molar-refractivity contribution is 6.21. The summed E-state index contributed by atoms with van der Waals surface area (Å²) in [6.07, 6.45) is 14.7. The number of benzene rings is 4. The highest BCUT2D eigenvalue weighted by Gasteiger charge is 2.15. The summed E-state index contributed by atoms with van der Waals surface area (Å²) >= 11 is 0. The van der Waals surface area contributed by atoms with Crippen LogP contribution in [0.3, 0.4) is 0 Å². The molecule has 232 valence electrons.